The Balaban J connectivity index is 1.97. The summed E-state index contributed by atoms with van der Waals surface area (Å²) in [5.74, 6) is -0.471. The van der Waals surface area contributed by atoms with E-state index in [9.17, 15) is 9.59 Å². The second-order valence-corrected chi connectivity index (χ2v) is 6.63. The van der Waals surface area contributed by atoms with E-state index in [-0.39, 0.29) is 34.8 Å². The third kappa shape index (κ3) is 4.02. The summed E-state index contributed by atoms with van der Waals surface area (Å²) in [6.07, 6.45) is 2.22. The maximum Gasteiger partial charge on any atom is 0.269 e. The Morgan fingerprint density at radius 3 is 2.82 bits per heavy atom. The molecule has 0 saturated carbocycles. The molecule has 1 N–H and O–H groups in total. The number of morpholine rings is 1. The SMILES string of the molecule is C=CC(=O)N1CCOC(c2cc(Cl)nc(-c3cc(C(=O)NC)ncn3)c2)[C@H]1C. The smallest absolute Gasteiger partial charge is 0.269 e. The van der Waals surface area contributed by atoms with Crippen molar-refractivity contribution < 1.29 is 14.3 Å². The van der Waals surface area contributed by atoms with Gasteiger partial charge in [0.15, 0.2) is 0 Å². The molecule has 1 saturated heterocycles. The molecule has 3 rings (SSSR count). The molecule has 2 aromatic heterocycles. The highest BCUT2D eigenvalue weighted by Crippen LogP contribution is 2.32. The van der Waals surface area contributed by atoms with Crippen LogP contribution >= 0.6 is 11.6 Å². The second kappa shape index (κ2) is 8.45. The topological polar surface area (TPSA) is 97.3 Å². The molecule has 2 aromatic rings. The zero-order valence-electron chi connectivity index (χ0n) is 15.6. The summed E-state index contributed by atoms with van der Waals surface area (Å²) >= 11 is 6.24. The molecule has 0 aromatic carbocycles. The maximum absolute atomic E-state index is 12.1. The highest BCUT2D eigenvalue weighted by molar-refractivity contribution is 6.29. The van der Waals surface area contributed by atoms with Gasteiger partial charge in [-0.15, -0.1) is 0 Å². The Bertz CT molecular complexity index is 920. The summed E-state index contributed by atoms with van der Waals surface area (Å²) in [7, 11) is 1.53. The van der Waals surface area contributed by atoms with Crippen LogP contribution in [0.25, 0.3) is 11.4 Å². The summed E-state index contributed by atoms with van der Waals surface area (Å²) in [6.45, 7) is 6.36. The van der Waals surface area contributed by atoms with E-state index in [1.807, 2.05) is 6.92 Å². The summed E-state index contributed by atoms with van der Waals surface area (Å²) in [6, 6.07) is 4.83. The summed E-state index contributed by atoms with van der Waals surface area (Å²) < 4.78 is 5.91. The van der Waals surface area contributed by atoms with Gasteiger partial charge in [0, 0.05) is 13.6 Å². The molecule has 9 heteroatoms. The molecule has 1 aliphatic rings. The van der Waals surface area contributed by atoms with Gasteiger partial charge in [0.1, 0.15) is 23.3 Å². The maximum atomic E-state index is 12.1. The first-order valence-electron chi connectivity index (χ1n) is 8.71. The minimum absolute atomic E-state index is 0.146. The predicted molar refractivity (Wildman–Crippen MR) is 104 cm³/mol. The lowest BCUT2D eigenvalue weighted by Gasteiger charge is -2.39. The lowest BCUT2D eigenvalue weighted by molar-refractivity contribution is -0.140. The van der Waals surface area contributed by atoms with Gasteiger partial charge in [-0.2, -0.15) is 0 Å². The van der Waals surface area contributed by atoms with Crippen molar-refractivity contribution in [1.82, 2.24) is 25.2 Å². The Morgan fingerprint density at radius 1 is 1.32 bits per heavy atom. The van der Waals surface area contributed by atoms with Crippen LogP contribution < -0.4 is 5.32 Å². The van der Waals surface area contributed by atoms with Crippen molar-refractivity contribution in [2.75, 3.05) is 20.2 Å². The minimum atomic E-state index is -0.378. The monoisotopic (exact) mass is 401 g/mol. The predicted octanol–water partition coefficient (Wildman–Crippen LogP) is 2.03. The van der Waals surface area contributed by atoms with Gasteiger partial charge in [-0.1, -0.05) is 18.2 Å². The molecular formula is C19H20ClN5O3. The number of pyridine rings is 1. The fourth-order valence-electron chi connectivity index (χ4n) is 3.15. The van der Waals surface area contributed by atoms with Gasteiger partial charge in [-0.25, -0.2) is 15.0 Å². The van der Waals surface area contributed by atoms with Crippen LogP contribution in [0.2, 0.25) is 5.15 Å². The summed E-state index contributed by atoms with van der Waals surface area (Å²) in [5, 5.41) is 2.78. The largest absolute Gasteiger partial charge is 0.370 e. The average Bonchev–Trinajstić information content (AvgIpc) is 2.72. The molecule has 1 fully saturated rings. The molecule has 0 radical (unpaired) electrons. The Kier molecular flexibility index (Phi) is 6.01. The van der Waals surface area contributed by atoms with Gasteiger partial charge >= 0.3 is 0 Å². The normalized spacial score (nSPS) is 19.2. The highest BCUT2D eigenvalue weighted by Gasteiger charge is 2.32. The fourth-order valence-corrected chi connectivity index (χ4v) is 3.37. The molecule has 3 heterocycles. The highest BCUT2D eigenvalue weighted by atomic mass is 35.5. The third-order valence-corrected chi connectivity index (χ3v) is 4.74. The number of hydrogen-bond donors (Lipinski definition) is 1. The van der Waals surface area contributed by atoms with E-state index in [0.717, 1.165) is 5.56 Å². The molecule has 0 spiro atoms. The van der Waals surface area contributed by atoms with Gasteiger partial charge in [0.25, 0.3) is 5.91 Å². The van der Waals surface area contributed by atoms with Crippen molar-refractivity contribution in [3.05, 3.63) is 53.6 Å². The Labute approximate surface area is 167 Å². The van der Waals surface area contributed by atoms with E-state index < -0.39 is 0 Å². The van der Waals surface area contributed by atoms with Crippen LogP contribution in [0.3, 0.4) is 0 Å². The van der Waals surface area contributed by atoms with Gasteiger partial charge in [0.05, 0.1) is 24.0 Å². The van der Waals surface area contributed by atoms with Crippen molar-refractivity contribution in [3.8, 4) is 11.4 Å². The first kappa shape index (κ1) is 19.9. The van der Waals surface area contributed by atoms with E-state index >= 15 is 0 Å². The molecule has 0 aliphatic carbocycles. The van der Waals surface area contributed by atoms with E-state index in [4.69, 9.17) is 16.3 Å². The zero-order chi connectivity index (χ0) is 20.3. The molecule has 28 heavy (non-hydrogen) atoms. The molecule has 1 unspecified atom stereocenters. The number of nitrogens with zero attached hydrogens (tertiary/aromatic N) is 4. The number of amides is 2. The Hall–Kier alpha value is -2.84. The molecule has 8 nitrogen and oxygen atoms in total. The molecule has 2 amide bonds. The fraction of sp³-hybridized carbons (Fsp3) is 0.316. The lowest BCUT2D eigenvalue weighted by atomic mass is 10.00. The lowest BCUT2D eigenvalue weighted by Crippen LogP contribution is -2.48. The number of nitrogens with one attached hydrogen (secondary N) is 1. The van der Waals surface area contributed by atoms with Gasteiger partial charge in [0.2, 0.25) is 5.91 Å². The minimum Gasteiger partial charge on any atom is -0.370 e. The quantitative estimate of drug-likeness (QED) is 0.621. The number of carbonyl (C=O) groups is 2. The summed E-state index contributed by atoms with van der Waals surface area (Å²) in [5.41, 5.74) is 1.93. The molecule has 1 aliphatic heterocycles. The first-order chi connectivity index (χ1) is 13.4. The third-order valence-electron chi connectivity index (χ3n) is 4.55. The number of carbonyl (C=O) groups excluding carboxylic acids is 2. The second-order valence-electron chi connectivity index (χ2n) is 6.24. The van der Waals surface area contributed by atoms with Gasteiger partial charge in [-0.05, 0) is 36.8 Å². The number of hydrogen-bond acceptors (Lipinski definition) is 6. The first-order valence-corrected chi connectivity index (χ1v) is 9.09. The van der Waals surface area contributed by atoms with E-state index in [1.165, 1.54) is 19.5 Å². The number of ether oxygens (including phenoxy) is 1. The van der Waals surface area contributed by atoms with Crippen LogP contribution in [0.1, 0.15) is 29.1 Å². The molecular weight excluding hydrogens is 382 g/mol. The van der Waals surface area contributed by atoms with Crippen LogP contribution in [-0.4, -0.2) is 57.9 Å². The van der Waals surface area contributed by atoms with Crippen molar-refractivity contribution >= 4 is 23.4 Å². The Morgan fingerprint density at radius 2 is 2.11 bits per heavy atom. The van der Waals surface area contributed by atoms with Crippen LogP contribution in [0.5, 0.6) is 0 Å². The van der Waals surface area contributed by atoms with Crippen molar-refractivity contribution in [2.45, 2.75) is 19.1 Å². The van der Waals surface area contributed by atoms with Gasteiger partial charge in [-0.3, -0.25) is 9.59 Å². The van der Waals surface area contributed by atoms with E-state index in [0.29, 0.717) is 24.5 Å². The van der Waals surface area contributed by atoms with Crippen LogP contribution in [-0.2, 0) is 9.53 Å². The average molecular weight is 402 g/mol. The zero-order valence-corrected chi connectivity index (χ0v) is 16.3. The molecule has 0 bridgehead atoms. The number of aromatic nitrogens is 3. The van der Waals surface area contributed by atoms with Crippen molar-refractivity contribution in [3.63, 3.8) is 0 Å². The standard InChI is InChI=1S/C19H20ClN5O3/c1-4-17(26)25-5-6-28-18(11(25)2)12-7-14(24-16(20)8-12)13-9-15(19(27)21-3)23-10-22-13/h4,7-11,18H,1,5-6H2,2-3H3,(H,21,27)/t11-,18?/m1/s1. The van der Waals surface area contributed by atoms with Crippen LogP contribution in [0, 0.1) is 0 Å². The van der Waals surface area contributed by atoms with Crippen LogP contribution in [0.4, 0.5) is 0 Å². The number of halogens is 1. The molecule has 146 valence electrons. The van der Waals surface area contributed by atoms with E-state index in [1.54, 1.807) is 23.1 Å². The van der Waals surface area contributed by atoms with Crippen molar-refractivity contribution in [1.29, 1.82) is 0 Å². The van der Waals surface area contributed by atoms with Crippen molar-refractivity contribution in [2.24, 2.45) is 0 Å². The van der Waals surface area contributed by atoms with E-state index in [2.05, 4.69) is 26.8 Å². The van der Waals surface area contributed by atoms with Gasteiger partial charge < -0.3 is 15.0 Å². The van der Waals surface area contributed by atoms with Crippen LogP contribution in [0.15, 0.2) is 37.2 Å². The molecule has 2 atom stereocenters. The summed E-state index contributed by atoms with van der Waals surface area (Å²) in [4.78, 5) is 38.1. The number of rotatable bonds is 4.